The van der Waals surface area contributed by atoms with Crippen LogP contribution < -0.4 is 0 Å². The Morgan fingerprint density at radius 3 is 1.85 bits per heavy atom. The molecule has 2 rings (SSSR count). The molecule has 0 saturated carbocycles. The maximum absolute atomic E-state index is 12.3. The highest BCUT2D eigenvalue weighted by molar-refractivity contribution is 9.10. The number of hydrogen-bond donors (Lipinski definition) is 0. The average Bonchev–Trinajstić information content (AvgIpc) is 2.48. The van der Waals surface area contributed by atoms with E-state index in [2.05, 4.69) is 15.9 Å². The van der Waals surface area contributed by atoms with Gasteiger partial charge in [0.2, 0.25) is 0 Å². The average molecular weight is 329 g/mol. The summed E-state index contributed by atoms with van der Waals surface area (Å²) in [6.07, 6.45) is 2.27. The van der Waals surface area contributed by atoms with Crippen LogP contribution in [0.15, 0.2) is 59.1 Å². The lowest BCUT2D eigenvalue weighted by Crippen LogP contribution is -2.00. The number of carbonyl (C=O) groups excluding carboxylic acids is 2. The third kappa shape index (κ3) is 3.31. The van der Waals surface area contributed by atoms with Crippen molar-refractivity contribution in [2.75, 3.05) is 0 Å². The van der Waals surface area contributed by atoms with Crippen LogP contribution in [0.5, 0.6) is 0 Å². The normalized spacial score (nSPS) is 11.2. The Kier molecular flexibility index (Phi) is 4.64. The van der Waals surface area contributed by atoms with Gasteiger partial charge in [0.25, 0.3) is 0 Å². The minimum Gasteiger partial charge on any atom is -0.299 e. The molecule has 0 fully saturated rings. The fourth-order valence-corrected chi connectivity index (χ4v) is 2.12. The molecule has 100 valence electrons. The molecule has 20 heavy (non-hydrogen) atoms. The summed E-state index contributed by atoms with van der Waals surface area (Å²) in [5, 5.41) is 0. The third-order valence-corrected chi connectivity index (χ3v) is 3.56. The van der Waals surface area contributed by atoms with Crippen LogP contribution in [0.1, 0.15) is 28.4 Å². The number of halogens is 1. The summed E-state index contributed by atoms with van der Waals surface area (Å²) in [6.45, 7) is 1.86. The van der Waals surface area contributed by atoms with Crippen molar-refractivity contribution in [2.45, 2.75) is 6.92 Å². The van der Waals surface area contributed by atoms with E-state index in [9.17, 15) is 9.59 Å². The zero-order valence-electron chi connectivity index (χ0n) is 11.0. The molecule has 0 amide bonds. The number of hydrogen-bond acceptors (Lipinski definition) is 2. The van der Waals surface area contributed by atoms with E-state index in [0.717, 1.165) is 21.9 Å². The van der Waals surface area contributed by atoms with Gasteiger partial charge in [-0.15, -0.1) is 0 Å². The maximum Gasteiger partial charge on any atom is 0.193 e. The molecule has 0 N–H and O–H groups in total. The highest BCUT2D eigenvalue weighted by atomic mass is 79.9. The fraction of sp³-hybridized carbons (Fsp3) is 0.0588. The molecule has 0 atom stereocenters. The summed E-state index contributed by atoms with van der Waals surface area (Å²) in [4.78, 5) is 22.7. The predicted molar refractivity (Wildman–Crippen MR) is 83.7 cm³/mol. The van der Waals surface area contributed by atoms with Crippen molar-refractivity contribution in [3.63, 3.8) is 0 Å². The van der Waals surface area contributed by atoms with E-state index in [1.165, 1.54) is 6.08 Å². The molecular weight excluding hydrogens is 316 g/mol. The van der Waals surface area contributed by atoms with Crippen molar-refractivity contribution >= 4 is 33.6 Å². The molecule has 2 aromatic rings. The Morgan fingerprint density at radius 1 is 0.900 bits per heavy atom. The predicted octanol–water partition coefficient (Wildman–Crippen LogP) is 4.28. The summed E-state index contributed by atoms with van der Waals surface area (Å²) < 4.78 is 0.944. The number of rotatable bonds is 4. The van der Waals surface area contributed by atoms with Crippen LogP contribution in [-0.2, 0) is 4.79 Å². The van der Waals surface area contributed by atoms with Crippen molar-refractivity contribution in [2.24, 2.45) is 0 Å². The van der Waals surface area contributed by atoms with Gasteiger partial charge in [-0.05, 0) is 48.4 Å². The van der Waals surface area contributed by atoms with Gasteiger partial charge in [0.15, 0.2) is 5.78 Å². The molecule has 3 heteroatoms. The highest BCUT2D eigenvalue weighted by Gasteiger charge is 2.08. The van der Waals surface area contributed by atoms with Gasteiger partial charge in [-0.3, -0.25) is 9.59 Å². The summed E-state index contributed by atoms with van der Waals surface area (Å²) >= 11 is 3.34. The van der Waals surface area contributed by atoms with Crippen molar-refractivity contribution in [1.29, 1.82) is 0 Å². The van der Waals surface area contributed by atoms with E-state index in [1.54, 1.807) is 24.3 Å². The maximum atomic E-state index is 12.3. The summed E-state index contributed by atoms with van der Waals surface area (Å²) in [5.41, 5.74) is 3.10. The Morgan fingerprint density at radius 2 is 1.35 bits per heavy atom. The van der Waals surface area contributed by atoms with Crippen LogP contribution in [0, 0.1) is 0 Å². The number of benzene rings is 2. The lowest BCUT2D eigenvalue weighted by Gasteiger charge is -2.04. The summed E-state index contributed by atoms with van der Waals surface area (Å²) in [7, 11) is 0. The van der Waals surface area contributed by atoms with Crippen LogP contribution in [0.25, 0.3) is 5.57 Å². The van der Waals surface area contributed by atoms with E-state index in [0.29, 0.717) is 11.1 Å². The first-order valence-electron chi connectivity index (χ1n) is 6.14. The second-order valence-electron chi connectivity index (χ2n) is 4.40. The zero-order chi connectivity index (χ0) is 14.5. The molecule has 0 aliphatic heterocycles. The lowest BCUT2D eigenvalue weighted by molar-refractivity contribution is -0.104. The largest absolute Gasteiger partial charge is 0.299 e. The highest BCUT2D eigenvalue weighted by Crippen LogP contribution is 2.17. The molecular formula is C17H13BrO2. The molecule has 0 bridgehead atoms. The van der Waals surface area contributed by atoms with Crippen LogP contribution in [0.2, 0.25) is 0 Å². The van der Waals surface area contributed by atoms with Crippen LogP contribution in [0.4, 0.5) is 0 Å². The van der Waals surface area contributed by atoms with E-state index in [-0.39, 0.29) is 5.78 Å². The molecule has 0 saturated heterocycles. The first-order valence-corrected chi connectivity index (χ1v) is 6.94. The molecule has 2 nitrogen and oxygen atoms in total. The van der Waals surface area contributed by atoms with Gasteiger partial charge in [0.05, 0.1) is 0 Å². The standard InChI is InChI=1S/C17H13BrO2/c1-12(10-11-19)13-2-4-14(5-3-13)17(20)15-6-8-16(18)9-7-15/h2-11H,1H3/b12-10+. The van der Waals surface area contributed by atoms with E-state index in [4.69, 9.17) is 0 Å². The second-order valence-corrected chi connectivity index (χ2v) is 5.31. The molecule has 0 aromatic heterocycles. The number of aldehydes is 1. The van der Waals surface area contributed by atoms with Crippen molar-refractivity contribution in [3.05, 3.63) is 75.8 Å². The van der Waals surface area contributed by atoms with E-state index in [1.807, 2.05) is 31.2 Å². The number of ketones is 1. The fourth-order valence-electron chi connectivity index (χ4n) is 1.85. The van der Waals surface area contributed by atoms with E-state index < -0.39 is 0 Å². The van der Waals surface area contributed by atoms with E-state index >= 15 is 0 Å². The zero-order valence-corrected chi connectivity index (χ0v) is 12.6. The molecule has 0 heterocycles. The van der Waals surface area contributed by atoms with Gasteiger partial charge in [0.1, 0.15) is 6.29 Å². The van der Waals surface area contributed by atoms with Gasteiger partial charge in [-0.25, -0.2) is 0 Å². The summed E-state index contributed by atoms with van der Waals surface area (Å²) in [6, 6.07) is 14.5. The third-order valence-electron chi connectivity index (χ3n) is 3.03. The molecule has 0 radical (unpaired) electrons. The quantitative estimate of drug-likeness (QED) is 0.477. The topological polar surface area (TPSA) is 34.1 Å². The van der Waals surface area contributed by atoms with Crippen LogP contribution >= 0.6 is 15.9 Å². The van der Waals surface area contributed by atoms with Crippen molar-refractivity contribution in [1.82, 2.24) is 0 Å². The second kappa shape index (κ2) is 6.44. The van der Waals surface area contributed by atoms with Crippen LogP contribution in [-0.4, -0.2) is 12.1 Å². The van der Waals surface area contributed by atoms with Gasteiger partial charge in [-0.2, -0.15) is 0 Å². The molecule has 0 spiro atoms. The minimum absolute atomic E-state index is 0.0129. The van der Waals surface area contributed by atoms with Gasteiger partial charge in [0, 0.05) is 15.6 Å². The van der Waals surface area contributed by atoms with Crippen LogP contribution in [0.3, 0.4) is 0 Å². The first-order chi connectivity index (χ1) is 9.61. The summed E-state index contributed by atoms with van der Waals surface area (Å²) in [5.74, 6) is -0.0129. The SMILES string of the molecule is C/C(=C\C=O)c1ccc(C(=O)c2ccc(Br)cc2)cc1. The number of allylic oxidation sites excluding steroid dienone is 2. The number of carbonyl (C=O) groups is 2. The Balaban J connectivity index is 2.26. The van der Waals surface area contributed by atoms with Gasteiger partial charge in [-0.1, -0.05) is 40.2 Å². The molecule has 2 aromatic carbocycles. The smallest absolute Gasteiger partial charge is 0.193 e. The Hall–Kier alpha value is -2.00. The molecule has 0 aliphatic rings. The minimum atomic E-state index is -0.0129. The molecule has 0 aliphatic carbocycles. The van der Waals surface area contributed by atoms with Crippen molar-refractivity contribution < 1.29 is 9.59 Å². The van der Waals surface area contributed by atoms with Crippen molar-refractivity contribution in [3.8, 4) is 0 Å². The molecule has 0 unspecified atom stereocenters. The first kappa shape index (κ1) is 14.4. The lowest BCUT2D eigenvalue weighted by atomic mass is 10.00. The van der Waals surface area contributed by atoms with Gasteiger partial charge >= 0.3 is 0 Å². The Labute approximate surface area is 126 Å². The monoisotopic (exact) mass is 328 g/mol. The van der Waals surface area contributed by atoms with Gasteiger partial charge < -0.3 is 0 Å². The Bertz CT molecular complexity index is 652.